The van der Waals surface area contributed by atoms with Gasteiger partial charge in [-0.2, -0.15) is 5.26 Å². The number of ether oxygens (including phenoxy) is 1. The molecule has 11 heavy (non-hydrogen) atoms. The van der Waals surface area contributed by atoms with Crippen molar-refractivity contribution in [1.82, 2.24) is 0 Å². The zero-order chi connectivity index (χ0) is 8.10. The van der Waals surface area contributed by atoms with Crippen LogP contribution >= 0.6 is 0 Å². The van der Waals surface area contributed by atoms with E-state index in [1.807, 2.05) is 6.07 Å². The second-order valence-electron chi connectivity index (χ2n) is 3.27. The molecule has 0 aromatic rings. The maximum Gasteiger partial charge on any atom is 0.134 e. The molecule has 0 spiro atoms. The van der Waals surface area contributed by atoms with Gasteiger partial charge in [0, 0.05) is 0 Å². The average molecular weight is 153 g/mol. The first-order valence-corrected chi connectivity index (χ1v) is 4.33. The third-order valence-electron chi connectivity index (χ3n) is 2.39. The van der Waals surface area contributed by atoms with Crippen LogP contribution in [0.4, 0.5) is 0 Å². The summed E-state index contributed by atoms with van der Waals surface area (Å²) in [5.41, 5.74) is 0. The highest BCUT2D eigenvalue weighted by Gasteiger charge is 2.21. The molecule has 1 rings (SSSR count). The first kappa shape index (κ1) is 8.55. The van der Waals surface area contributed by atoms with Gasteiger partial charge in [-0.3, -0.25) is 0 Å². The van der Waals surface area contributed by atoms with Crippen LogP contribution in [0.5, 0.6) is 0 Å². The van der Waals surface area contributed by atoms with Gasteiger partial charge in [0.25, 0.3) is 0 Å². The highest BCUT2D eigenvalue weighted by Crippen LogP contribution is 2.25. The molecule has 1 saturated carbocycles. The molecule has 1 aliphatic rings. The summed E-state index contributed by atoms with van der Waals surface area (Å²) in [7, 11) is 0. The van der Waals surface area contributed by atoms with Crippen molar-refractivity contribution in [2.24, 2.45) is 5.92 Å². The summed E-state index contributed by atoms with van der Waals surface area (Å²) < 4.78 is 5.38. The lowest BCUT2D eigenvalue weighted by Crippen LogP contribution is -2.25. The quantitative estimate of drug-likeness (QED) is 0.608. The number of hydrogen-bond acceptors (Lipinski definition) is 2. The molecular weight excluding hydrogens is 138 g/mol. The molecule has 1 aliphatic carbocycles. The van der Waals surface area contributed by atoms with Gasteiger partial charge in [0.2, 0.25) is 0 Å². The minimum Gasteiger partial charge on any atom is -0.363 e. The molecule has 1 fully saturated rings. The Morgan fingerprint density at radius 1 is 1.45 bits per heavy atom. The maximum absolute atomic E-state index is 8.31. The fraction of sp³-hybridized carbons (Fsp3) is 0.889. The molecule has 0 aromatic heterocycles. The van der Waals surface area contributed by atoms with Crippen LogP contribution < -0.4 is 0 Å². The van der Waals surface area contributed by atoms with Gasteiger partial charge in [-0.15, -0.1) is 0 Å². The third-order valence-corrected chi connectivity index (χ3v) is 2.39. The standard InChI is InChI=1S/C9H15NO/c1-8-4-2-3-5-9(8)11-7-6-10/h8-9H,2-5,7H2,1H3. The van der Waals surface area contributed by atoms with E-state index in [2.05, 4.69) is 6.92 Å². The van der Waals surface area contributed by atoms with E-state index < -0.39 is 0 Å². The van der Waals surface area contributed by atoms with Crippen molar-refractivity contribution >= 4 is 0 Å². The van der Waals surface area contributed by atoms with Gasteiger partial charge in [-0.25, -0.2) is 0 Å². The van der Waals surface area contributed by atoms with E-state index in [1.165, 1.54) is 19.3 Å². The topological polar surface area (TPSA) is 33.0 Å². The van der Waals surface area contributed by atoms with Crippen molar-refractivity contribution in [1.29, 1.82) is 5.26 Å². The lowest BCUT2D eigenvalue weighted by atomic mass is 9.88. The second-order valence-corrected chi connectivity index (χ2v) is 3.27. The fourth-order valence-corrected chi connectivity index (χ4v) is 1.67. The molecule has 0 heterocycles. The van der Waals surface area contributed by atoms with Gasteiger partial charge in [-0.05, 0) is 18.8 Å². The van der Waals surface area contributed by atoms with Crippen molar-refractivity contribution in [3.63, 3.8) is 0 Å². The Bertz CT molecular complexity index is 150. The van der Waals surface area contributed by atoms with Crippen molar-refractivity contribution in [2.45, 2.75) is 38.7 Å². The van der Waals surface area contributed by atoms with Crippen LogP contribution in [0, 0.1) is 17.2 Å². The summed E-state index contributed by atoms with van der Waals surface area (Å²) >= 11 is 0. The Labute approximate surface area is 68.2 Å². The van der Waals surface area contributed by atoms with E-state index in [0.29, 0.717) is 12.0 Å². The highest BCUT2D eigenvalue weighted by molar-refractivity contribution is 4.75. The first-order chi connectivity index (χ1) is 5.34. The summed E-state index contributed by atoms with van der Waals surface area (Å²) in [6.07, 6.45) is 5.34. The summed E-state index contributed by atoms with van der Waals surface area (Å²) in [5.74, 6) is 0.650. The third kappa shape index (κ3) is 2.51. The van der Waals surface area contributed by atoms with Crippen LogP contribution in [0.2, 0.25) is 0 Å². The van der Waals surface area contributed by atoms with Crippen LogP contribution in [0.25, 0.3) is 0 Å². The molecule has 2 nitrogen and oxygen atoms in total. The summed E-state index contributed by atoms with van der Waals surface area (Å²) in [4.78, 5) is 0. The van der Waals surface area contributed by atoms with Crippen molar-refractivity contribution in [2.75, 3.05) is 6.61 Å². The van der Waals surface area contributed by atoms with Crippen LogP contribution in [0.3, 0.4) is 0 Å². The summed E-state index contributed by atoms with van der Waals surface area (Å²) in [5, 5.41) is 8.31. The van der Waals surface area contributed by atoms with E-state index in [9.17, 15) is 0 Å². The van der Waals surface area contributed by atoms with E-state index in [0.717, 1.165) is 6.42 Å². The molecule has 0 amide bonds. The van der Waals surface area contributed by atoms with Crippen LogP contribution in [-0.2, 0) is 4.74 Å². The zero-order valence-electron chi connectivity index (χ0n) is 7.05. The normalized spacial score (nSPS) is 31.3. The predicted molar refractivity (Wildman–Crippen MR) is 43.0 cm³/mol. The molecule has 62 valence electrons. The van der Waals surface area contributed by atoms with Gasteiger partial charge >= 0.3 is 0 Å². The maximum atomic E-state index is 8.31. The van der Waals surface area contributed by atoms with Gasteiger partial charge < -0.3 is 4.74 Å². The van der Waals surface area contributed by atoms with Crippen LogP contribution in [0.1, 0.15) is 32.6 Å². The lowest BCUT2D eigenvalue weighted by Gasteiger charge is -2.27. The molecule has 0 N–H and O–H groups in total. The van der Waals surface area contributed by atoms with Gasteiger partial charge in [0.15, 0.2) is 0 Å². The smallest absolute Gasteiger partial charge is 0.134 e. The molecule has 2 unspecified atom stereocenters. The molecule has 0 radical (unpaired) electrons. The monoisotopic (exact) mass is 153 g/mol. The van der Waals surface area contributed by atoms with Crippen molar-refractivity contribution in [3.05, 3.63) is 0 Å². The van der Waals surface area contributed by atoms with E-state index in [-0.39, 0.29) is 6.61 Å². The minimum absolute atomic E-state index is 0.259. The van der Waals surface area contributed by atoms with E-state index in [1.54, 1.807) is 0 Å². The number of hydrogen-bond donors (Lipinski definition) is 0. The Morgan fingerprint density at radius 3 is 2.82 bits per heavy atom. The predicted octanol–water partition coefficient (Wildman–Crippen LogP) is 2.11. The molecule has 0 bridgehead atoms. The Balaban J connectivity index is 2.25. The zero-order valence-corrected chi connectivity index (χ0v) is 7.05. The Kier molecular flexibility index (Phi) is 3.38. The Hall–Kier alpha value is -0.550. The molecule has 2 heteroatoms. The Morgan fingerprint density at radius 2 is 2.18 bits per heavy atom. The van der Waals surface area contributed by atoms with E-state index in [4.69, 9.17) is 10.00 Å². The van der Waals surface area contributed by atoms with Gasteiger partial charge in [0.1, 0.15) is 6.61 Å². The van der Waals surface area contributed by atoms with Crippen molar-refractivity contribution in [3.8, 4) is 6.07 Å². The van der Waals surface area contributed by atoms with Gasteiger partial charge in [-0.1, -0.05) is 19.8 Å². The van der Waals surface area contributed by atoms with Crippen LogP contribution in [-0.4, -0.2) is 12.7 Å². The number of nitrogens with zero attached hydrogens (tertiary/aromatic N) is 1. The van der Waals surface area contributed by atoms with E-state index >= 15 is 0 Å². The fourth-order valence-electron chi connectivity index (χ4n) is 1.67. The largest absolute Gasteiger partial charge is 0.363 e. The lowest BCUT2D eigenvalue weighted by molar-refractivity contribution is 0.0124. The summed E-state index contributed by atoms with van der Waals surface area (Å²) in [6, 6.07) is 2.01. The molecule has 0 aliphatic heterocycles. The number of nitriles is 1. The second kappa shape index (κ2) is 4.35. The SMILES string of the molecule is CC1CCCCC1OCC#N. The first-order valence-electron chi connectivity index (χ1n) is 4.33. The molecular formula is C9H15NO. The van der Waals surface area contributed by atoms with Crippen LogP contribution in [0.15, 0.2) is 0 Å². The number of rotatable bonds is 2. The average Bonchev–Trinajstić information content (AvgIpc) is 2.03. The molecule has 2 atom stereocenters. The van der Waals surface area contributed by atoms with Gasteiger partial charge in [0.05, 0.1) is 12.2 Å². The molecule has 0 saturated heterocycles. The minimum atomic E-state index is 0.259. The summed E-state index contributed by atoms with van der Waals surface area (Å²) in [6.45, 7) is 2.47. The highest BCUT2D eigenvalue weighted by atomic mass is 16.5. The van der Waals surface area contributed by atoms with Crippen molar-refractivity contribution < 1.29 is 4.74 Å². The molecule has 0 aromatic carbocycles.